The summed E-state index contributed by atoms with van der Waals surface area (Å²) in [5.41, 5.74) is 10.6. The van der Waals surface area contributed by atoms with E-state index in [2.05, 4.69) is 10.7 Å². The number of aliphatic hydroxyl groups is 2. The van der Waals surface area contributed by atoms with Crippen molar-refractivity contribution in [1.29, 1.82) is 0 Å². The number of nitrogens with one attached hydrogen (secondary N) is 2. The van der Waals surface area contributed by atoms with Crippen molar-refractivity contribution in [1.82, 2.24) is 15.8 Å². The molecule has 9 nitrogen and oxygen atoms in total. The fourth-order valence-corrected chi connectivity index (χ4v) is 3.53. The predicted octanol–water partition coefficient (Wildman–Crippen LogP) is 0.309. The van der Waals surface area contributed by atoms with Crippen LogP contribution < -0.4 is 16.5 Å². The Bertz CT molecular complexity index is 882. The number of hydrogen-bond acceptors (Lipinski definition) is 7. The van der Waals surface area contributed by atoms with Crippen LogP contribution in [0.15, 0.2) is 60.7 Å². The molecule has 1 heterocycles. The lowest BCUT2D eigenvalue weighted by atomic mass is 9.97. The zero-order valence-corrected chi connectivity index (χ0v) is 17.9. The van der Waals surface area contributed by atoms with Crippen LogP contribution in [0.4, 0.5) is 4.79 Å². The Kier molecular flexibility index (Phi) is 8.18. The monoisotopic (exact) mass is 442 g/mol. The molecule has 0 aromatic heterocycles. The van der Waals surface area contributed by atoms with Crippen molar-refractivity contribution in [2.75, 3.05) is 6.54 Å². The highest BCUT2D eigenvalue weighted by Gasteiger charge is 2.42. The topological polar surface area (TPSA) is 137 Å². The average molecular weight is 443 g/mol. The normalized spacial score (nSPS) is 23.9. The van der Waals surface area contributed by atoms with Crippen molar-refractivity contribution in [3.8, 4) is 0 Å². The lowest BCUT2D eigenvalue weighted by molar-refractivity contribution is -0.125. The molecule has 0 saturated carbocycles. The summed E-state index contributed by atoms with van der Waals surface area (Å²) < 4.78 is 5.32. The molecule has 0 spiro atoms. The van der Waals surface area contributed by atoms with E-state index in [4.69, 9.17) is 10.5 Å². The van der Waals surface area contributed by atoms with E-state index in [0.717, 1.165) is 16.1 Å². The van der Waals surface area contributed by atoms with Gasteiger partial charge < -0.3 is 26.0 Å². The summed E-state index contributed by atoms with van der Waals surface area (Å²) in [7, 11) is 0. The largest absolute Gasteiger partial charge is 0.444 e. The van der Waals surface area contributed by atoms with Crippen LogP contribution in [0.5, 0.6) is 0 Å². The van der Waals surface area contributed by atoms with Gasteiger partial charge in [0.05, 0.1) is 18.1 Å². The molecule has 9 heteroatoms. The third-order valence-electron chi connectivity index (χ3n) is 5.50. The first-order valence-electron chi connectivity index (χ1n) is 10.6. The molecule has 32 heavy (non-hydrogen) atoms. The summed E-state index contributed by atoms with van der Waals surface area (Å²) in [6, 6.07) is 16.3. The van der Waals surface area contributed by atoms with Gasteiger partial charge in [-0.05, 0) is 24.5 Å². The first-order chi connectivity index (χ1) is 15.4. The zero-order valence-electron chi connectivity index (χ0n) is 17.9. The van der Waals surface area contributed by atoms with Gasteiger partial charge in [-0.25, -0.2) is 15.2 Å². The standard InChI is InChI=1S/C23H30N4O5/c1-15-20(28)21(29)19(13-25-22(30)18(24)12-16-8-4-2-5-9-16)26-27(15)23(31)32-14-17-10-6-3-7-11-17/h2-11,15,18-21,26,28-29H,12-14,24H2,1H3,(H,25,30)/t15-,18+,19+,20-,21+/m1/s1. The Morgan fingerprint density at radius 3 is 2.28 bits per heavy atom. The number of hydrogen-bond donors (Lipinski definition) is 5. The number of hydrazine groups is 1. The molecular formula is C23H30N4O5. The maximum absolute atomic E-state index is 12.6. The van der Waals surface area contributed by atoms with Gasteiger partial charge >= 0.3 is 6.09 Å². The molecule has 2 amide bonds. The molecular weight excluding hydrogens is 412 g/mol. The van der Waals surface area contributed by atoms with Crippen molar-refractivity contribution in [3.63, 3.8) is 0 Å². The molecule has 172 valence electrons. The predicted molar refractivity (Wildman–Crippen MR) is 118 cm³/mol. The second-order valence-corrected chi connectivity index (χ2v) is 7.91. The van der Waals surface area contributed by atoms with Gasteiger partial charge in [-0.3, -0.25) is 4.79 Å². The van der Waals surface area contributed by atoms with Crippen LogP contribution in [0, 0.1) is 0 Å². The minimum Gasteiger partial charge on any atom is -0.444 e. The molecule has 1 saturated heterocycles. The number of rotatable bonds is 7. The van der Waals surface area contributed by atoms with Crippen LogP contribution in [0.1, 0.15) is 18.1 Å². The highest BCUT2D eigenvalue weighted by atomic mass is 16.6. The first kappa shape index (κ1) is 23.7. The number of benzene rings is 2. The summed E-state index contributed by atoms with van der Waals surface area (Å²) in [5.74, 6) is -0.394. The van der Waals surface area contributed by atoms with E-state index < -0.39 is 42.3 Å². The maximum atomic E-state index is 12.6. The molecule has 1 aliphatic heterocycles. The summed E-state index contributed by atoms with van der Waals surface area (Å²) in [4.78, 5) is 25.0. The van der Waals surface area contributed by atoms with Crippen molar-refractivity contribution in [2.45, 2.75) is 50.3 Å². The van der Waals surface area contributed by atoms with Crippen molar-refractivity contribution in [3.05, 3.63) is 71.8 Å². The minimum absolute atomic E-state index is 0.0330. The van der Waals surface area contributed by atoms with Gasteiger partial charge in [0.25, 0.3) is 0 Å². The quantitative estimate of drug-likeness (QED) is 0.416. The summed E-state index contributed by atoms with van der Waals surface area (Å²) in [5, 5.41) is 24.7. The van der Waals surface area contributed by atoms with Crippen LogP contribution in [-0.2, 0) is 22.6 Å². The van der Waals surface area contributed by atoms with E-state index in [1.165, 1.54) is 0 Å². The second-order valence-electron chi connectivity index (χ2n) is 7.91. The molecule has 2 aromatic carbocycles. The average Bonchev–Trinajstić information content (AvgIpc) is 2.81. The minimum atomic E-state index is -1.22. The van der Waals surface area contributed by atoms with Crippen molar-refractivity contribution < 1.29 is 24.5 Å². The van der Waals surface area contributed by atoms with E-state index in [-0.39, 0.29) is 13.2 Å². The first-order valence-corrected chi connectivity index (χ1v) is 10.6. The summed E-state index contributed by atoms with van der Waals surface area (Å²) in [6.45, 7) is 1.63. The Hall–Kier alpha value is -2.98. The third kappa shape index (κ3) is 6.04. The molecule has 1 aliphatic rings. The van der Waals surface area contributed by atoms with Gasteiger partial charge in [-0.1, -0.05) is 60.7 Å². The summed E-state index contributed by atoms with van der Waals surface area (Å²) in [6.07, 6.45) is -2.75. The molecule has 0 radical (unpaired) electrons. The number of nitrogens with two attached hydrogens (primary N) is 1. The molecule has 2 aromatic rings. The molecule has 1 fully saturated rings. The van der Waals surface area contributed by atoms with E-state index >= 15 is 0 Å². The fourth-order valence-electron chi connectivity index (χ4n) is 3.53. The highest BCUT2D eigenvalue weighted by Crippen LogP contribution is 2.18. The molecule has 0 aliphatic carbocycles. The summed E-state index contributed by atoms with van der Waals surface area (Å²) >= 11 is 0. The number of amides is 2. The van der Waals surface area contributed by atoms with Gasteiger partial charge in [0.1, 0.15) is 18.8 Å². The molecule has 0 bridgehead atoms. The van der Waals surface area contributed by atoms with Gasteiger partial charge in [-0.15, -0.1) is 0 Å². The van der Waals surface area contributed by atoms with E-state index in [0.29, 0.717) is 6.42 Å². The van der Waals surface area contributed by atoms with Crippen LogP contribution in [0.25, 0.3) is 0 Å². The molecule has 6 N–H and O–H groups in total. The number of carbonyl (C=O) groups excluding carboxylic acids is 2. The molecule has 0 unspecified atom stereocenters. The molecule has 5 atom stereocenters. The van der Waals surface area contributed by atoms with Crippen LogP contribution in [0.2, 0.25) is 0 Å². The highest BCUT2D eigenvalue weighted by molar-refractivity contribution is 5.81. The third-order valence-corrected chi connectivity index (χ3v) is 5.50. The number of nitrogens with zero attached hydrogens (tertiary/aromatic N) is 1. The lowest BCUT2D eigenvalue weighted by Gasteiger charge is -2.44. The Morgan fingerprint density at radius 2 is 1.66 bits per heavy atom. The number of ether oxygens (including phenoxy) is 1. The SMILES string of the molecule is C[C@@H]1[C@@H](O)[C@@H](O)[C@H](CNC(=O)[C@@H](N)Cc2ccccc2)NN1C(=O)OCc1ccccc1. The van der Waals surface area contributed by atoms with Crippen molar-refractivity contribution >= 4 is 12.0 Å². The van der Waals surface area contributed by atoms with Crippen LogP contribution in [-0.4, -0.2) is 64.1 Å². The van der Waals surface area contributed by atoms with Gasteiger partial charge in [0.2, 0.25) is 5.91 Å². The Balaban J connectivity index is 1.54. The second kappa shape index (κ2) is 11.1. The smallest absolute Gasteiger partial charge is 0.424 e. The van der Waals surface area contributed by atoms with Gasteiger partial charge in [0.15, 0.2) is 0 Å². The van der Waals surface area contributed by atoms with Crippen LogP contribution >= 0.6 is 0 Å². The zero-order chi connectivity index (χ0) is 23.1. The Morgan fingerprint density at radius 1 is 1.06 bits per heavy atom. The van der Waals surface area contributed by atoms with E-state index in [1.54, 1.807) is 6.92 Å². The Labute approximate surface area is 187 Å². The molecule has 3 rings (SSSR count). The number of aliphatic hydroxyl groups excluding tert-OH is 2. The maximum Gasteiger partial charge on any atom is 0.424 e. The number of carbonyl (C=O) groups is 2. The van der Waals surface area contributed by atoms with Crippen LogP contribution in [0.3, 0.4) is 0 Å². The van der Waals surface area contributed by atoms with E-state index in [1.807, 2.05) is 60.7 Å². The van der Waals surface area contributed by atoms with Gasteiger partial charge in [-0.2, -0.15) is 0 Å². The van der Waals surface area contributed by atoms with E-state index in [9.17, 15) is 19.8 Å². The lowest BCUT2D eigenvalue weighted by Crippen LogP contribution is -2.70. The fraction of sp³-hybridized carbons (Fsp3) is 0.391. The van der Waals surface area contributed by atoms with Crippen molar-refractivity contribution in [2.24, 2.45) is 5.73 Å². The van der Waals surface area contributed by atoms with Gasteiger partial charge in [0, 0.05) is 6.54 Å².